The molecule has 0 N–H and O–H groups in total. The molecule has 0 aromatic heterocycles. The quantitative estimate of drug-likeness (QED) is 0.321. The maximum Gasteiger partial charge on any atom is 0.330 e. The molecule has 0 spiro atoms. The second-order valence-corrected chi connectivity index (χ2v) is 5.94. The summed E-state index contributed by atoms with van der Waals surface area (Å²) in [7, 11) is 0. The van der Waals surface area contributed by atoms with Gasteiger partial charge >= 0.3 is 5.97 Å². The lowest BCUT2D eigenvalue weighted by atomic mass is 10.1. The first-order valence-electron chi connectivity index (χ1n) is 8.65. The highest BCUT2D eigenvalue weighted by Crippen LogP contribution is 2.31. The van der Waals surface area contributed by atoms with Crippen molar-refractivity contribution in [3.05, 3.63) is 65.5 Å². The van der Waals surface area contributed by atoms with Crippen LogP contribution in [0.3, 0.4) is 0 Å². The van der Waals surface area contributed by atoms with Crippen LogP contribution in [0.4, 0.5) is 4.39 Å². The van der Waals surface area contributed by atoms with E-state index in [4.69, 9.17) is 14.2 Å². The van der Waals surface area contributed by atoms with Gasteiger partial charge in [0, 0.05) is 18.1 Å². The Morgan fingerprint density at radius 2 is 1.78 bits per heavy atom. The molecule has 0 amide bonds. The Bertz CT molecular complexity index is 842. The van der Waals surface area contributed by atoms with Crippen molar-refractivity contribution in [2.45, 2.75) is 12.8 Å². The summed E-state index contributed by atoms with van der Waals surface area (Å²) >= 11 is 0. The van der Waals surface area contributed by atoms with E-state index >= 15 is 0 Å². The summed E-state index contributed by atoms with van der Waals surface area (Å²) in [6.45, 7) is 1.16. The number of rotatable bonds is 7. The predicted octanol–water partition coefficient (Wildman–Crippen LogP) is 3.82. The Morgan fingerprint density at radius 3 is 2.56 bits per heavy atom. The third-order valence-electron chi connectivity index (χ3n) is 3.94. The summed E-state index contributed by atoms with van der Waals surface area (Å²) in [4.78, 5) is 23.7. The van der Waals surface area contributed by atoms with E-state index in [1.54, 1.807) is 18.2 Å². The number of benzene rings is 2. The topological polar surface area (TPSA) is 61.8 Å². The largest absolute Gasteiger partial charge is 0.486 e. The number of carbonyl (C=O) groups is 2. The SMILES string of the molecule is O=C(/C=C/c1ccc2c(c1)OCCO2)OCCCC(=O)c1ccc(F)cc1. The first-order valence-corrected chi connectivity index (χ1v) is 8.65. The van der Waals surface area contributed by atoms with Gasteiger partial charge in [-0.1, -0.05) is 6.07 Å². The molecular formula is C21H19FO5. The fraction of sp³-hybridized carbons (Fsp3) is 0.238. The summed E-state index contributed by atoms with van der Waals surface area (Å²) in [5.74, 6) is 0.352. The minimum Gasteiger partial charge on any atom is -0.486 e. The van der Waals surface area contributed by atoms with Crippen LogP contribution in [0, 0.1) is 5.82 Å². The molecule has 2 aromatic carbocycles. The highest BCUT2D eigenvalue weighted by atomic mass is 19.1. The minimum absolute atomic E-state index is 0.113. The summed E-state index contributed by atoms with van der Waals surface area (Å²) < 4.78 is 28.9. The zero-order valence-corrected chi connectivity index (χ0v) is 14.7. The van der Waals surface area contributed by atoms with Crippen molar-refractivity contribution in [3.63, 3.8) is 0 Å². The molecule has 0 unspecified atom stereocenters. The second kappa shape index (κ2) is 8.98. The lowest BCUT2D eigenvalue weighted by molar-refractivity contribution is -0.137. The lowest BCUT2D eigenvalue weighted by Gasteiger charge is -2.18. The molecule has 0 fully saturated rings. The molecule has 0 radical (unpaired) electrons. The number of Topliss-reactive ketones (excluding diaryl/α,β-unsaturated/α-hetero) is 1. The highest BCUT2D eigenvalue weighted by Gasteiger charge is 2.11. The zero-order chi connectivity index (χ0) is 19.1. The molecule has 3 rings (SSSR count). The van der Waals surface area contributed by atoms with Crippen LogP contribution in [-0.2, 0) is 9.53 Å². The zero-order valence-electron chi connectivity index (χ0n) is 14.7. The van der Waals surface area contributed by atoms with Gasteiger partial charge in [0.05, 0.1) is 6.61 Å². The number of hydrogen-bond donors (Lipinski definition) is 0. The van der Waals surface area contributed by atoms with Gasteiger partial charge in [-0.15, -0.1) is 0 Å². The summed E-state index contributed by atoms with van der Waals surface area (Å²) in [5.41, 5.74) is 1.24. The van der Waals surface area contributed by atoms with E-state index < -0.39 is 5.97 Å². The minimum atomic E-state index is -0.487. The third kappa shape index (κ3) is 5.41. The third-order valence-corrected chi connectivity index (χ3v) is 3.94. The number of esters is 1. The number of halogens is 1. The van der Waals surface area contributed by atoms with Crippen LogP contribution in [0.2, 0.25) is 0 Å². The number of fused-ring (bicyclic) bond motifs is 1. The monoisotopic (exact) mass is 370 g/mol. The van der Waals surface area contributed by atoms with Crippen molar-refractivity contribution < 1.29 is 28.2 Å². The molecule has 1 aliphatic heterocycles. The van der Waals surface area contributed by atoms with Gasteiger partial charge in [0.2, 0.25) is 0 Å². The van der Waals surface area contributed by atoms with Crippen molar-refractivity contribution in [2.75, 3.05) is 19.8 Å². The smallest absolute Gasteiger partial charge is 0.330 e. The van der Waals surface area contributed by atoms with Crippen molar-refractivity contribution in [3.8, 4) is 11.5 Å². The van der Waals surface area contributed by atoms with Gasteiger partial charge in [-0.3, -0.25) is 4.79 Å². The van der Waals surface area contributed by atoms with Crippen LogP contribution in [0.5, 0.6) is 11.5 Å². The van der Waals surface area contributed by atoms with Gasteiger partial charge in [-0.05, 0) is 54.5 Å². The van der Waals surface area contributed by atoms with Crippen LogP contribution in [0.1, 0.15) is 28.8 Å². The molecule has 1 aliphatic rings. The molecule has 0 atom stereocenters. The molecule has 5 nitrogen and oxygen atoms in total. The van der Waals surface area contributed by atoms with Crippen LogP contribution in [0.15, 0.2) is 48.5 Å². The van der Waals surface area contributed by atoms with Gasteiger partial charge in [0.1, 0.15) is 19.0 Å². The van der Waals surface area contributed by atoms with Crippen molar-refractivity contribution >= 4 is 17.8 Å². The first kappa shape index (κ1) is 18.6. The van der Waals surface area contributed by atoms with E-state index in [1.165, 1.54) is 30.3 Å². The average molecular weight is 370 g/mol. The number of hydrogen-bond acceptors (Lipinski definition) is 5. The van der Waals surface area contributed by atoms with Crippen LogP contribution < -0.4 is 9.47 Å². The Kier molecular flexibility index (Phi) is 6.20. The molecule has 2 aromatic rings. The van der Waals surface area contributed by atoms with E-state index in [0.717, 1.165) is 5.56 Å². The van der Waals surface area contributed by atoms with Crippen molar-refractivity contribution in [1.29, 1.82) is 0 Å². The first-order chi connectivity index (χ1) is 13.1. The number of ketones is 1. The highest BCUT2D eigenvalue weighted by molar-refractivity contribution is 5.96. The molecular weight excluding hydrogens is 351 g/mol. The molecule has 140 valence electrons. The molecule has 0 bridgehead atoms. The summed E-state index contributed by atoms with van der Waals surface area (Å²) in [6.07, 6.45) is 3.59. The van der Waals surface area contributed by atoms with E-state index in [0.29, 0.717) is 36.7 Å². The van der Waals surface area contributed by atoms with Crippen molar-refractivity contribution in [2.24, 2.45) is 0 Å². The van der Waals surface area contributed by atoms with Gasteiger partial charge in [0.25, 0.3) is 0 Å². The predicted molar refractivity (Wildman–Crippen MR) is 97.4 cm³/mol. The Labute approximate surface area is 156 Å². The normalized spacial score (nSPS) is 12.8. The number of ether oxygens (including phenoxy) is 3. The molecule has 0 saturated carbocycles. The fourth-order valence-corrected chi connectivity index (χ4v) is 2.56. The maximum absolute atomic E-state index is 12.8. The van der Waals surface area contributed by atoms with Gasteiger partial charge in [0.15, 0.2) is 17.3 Å². The van der Waals surface area contributed by atoms with E-state index in [9.17, 15) is 14.0 Å². The molecule has 0 saturated heterocycles. The van der Waals surface area contributed by atoms with E-state index in [-0.39, 0.29) is 24.6 Å². The summed E-state index contributed by atoms with van der Waals surface area (Å²) in [6, 6.07) is 10.8. The Balaban J connectivity index is 1.41. The van der Waals surface area contributed by atoms with Crippen LogP contribution in [-0.4, -0.2) is 31.6 Å². The Hall–Kier alpha value is -3.15. The molecule has 0 aliphatic carbocycles. The van der Waals surface area contributed by atoms with Crippen molar-refractivity contribution in [1.82, 2.24) is 0 Å². The average Bonchev–Trinajstić information content (AvgIpc) is 2.70. The van der Waals surface area contributed by atoms with Crippen LogP contribution >= 0.6 is 0 Å². The second-order valence-electron chi connectivity index (χ2n) is 5.94. The standard InChI is InChI=1S/C21H19FO5/c22-17-7-5-16(6-8-17)18(23)2-1-11-27-21(24)10-4-15-3-9-19-20(14-15)26-13-12-25-19/h3-10,14H,1-2,11-13H2/b10-4+. The number of carbonyl (C=O) groups excluding carboxylic acids is 2. The molecule has 1 heterocycles. The fourth-order valence-electron chi connectivity index (χ4n) is 2.56. The molecule has 6 heteroatoms. The van der Waals surface area contributed by atoms with Gasteiger partial charge in [-0.25, -0.2) is 9.18 Å². The lowest BCUT2D eigenvalue weighted by Crippen LogP contribution is -2.15. The van der Waals surface area contributed by atoms with Gasteiger partial charge in [-0.2, -0.15) is 0 Å². The van der Waals surface area contributed by atoms with E-state index in [1.807, 2.05) is 6.07 Å². The van der Waals surface area contributed by atoms with Gasteiger partial charge < -0.3 is 14.2 Å². The molecule has 27 heavy (non-hydrogen) atoms. The van der Waals surface area contributed by atoms with Crippen LogP contribution in [0.25, 0.3) is 6.08 Å². The Morgan fingerprint density at radius 1 is 1.04 bits per heavy atom. The summed E-state index contributed by atoms with van der Waals surface area (Å²) in [5, 5.41) is 0. The van der Waals surface area contributed by atoms with E-state index in [2.05, 4.69) is 0 Å². The maximum atomic E-state index is 12.8.